The van der Waals surface area contributed by atoms with E-state index in [-0.39, 0.29) is 0 Å². The molecule has 0 N–H and O–H groups in total. The molecule has 0 bridgehead atoms. The van der Waals surface area contributed by atoms with Gasteiger partial charge in [0.2, 0.25) is 0 Å². The van der Waals surface area contributed by atoms with Crippen molar-refractivity contribution in [2.75, 3.05) is 0 Å². The van der Waals surface area contributed by atoms with Gasteiger partial charge in [0, 0.05) is 0 Å². The van der Waals surface area contributed by atoms with Crippen LogP contribution < -0.4 is 0 Å². The Morgan fingerprint density at radius 2 is 1.57 bits per heavy atom. The van der Waals surface area contributed by atoms with E-state index in [0.29, 0.717) is 0 Å². The van der Waals surface area contributed by atoms with Crippen molar-refractivity contribution in [1.29, 1.82) is 0 Å². The van der Waals surface area contributed by atoms with E-state index >= 15 is 0 Å². The molecule has 0 saturated heterocycles. The maximum atomic E-state index is 4.03. The van der Waals surface area contributed by atoms with E-state index in [1.54, 1.807) is 0 Å². The highest BCUT2D eigenvalue weighted by Crippen LogP contribution is 2.20. The van der Waals surface area contributed by atoms with Gasteiger partial charge in [0.25, 0.3) is 0 Å². The van der Waals surface area contributed by atoms with E-state index in [1.165, 1.54) is 12.1 Å². The lowest BCUT2D eigenvalue weighted by Gasteiger charge is -2.32. The smallest absolute Gasteiger partial charge is 0.0932 e. The van der Waals surface area contributed by atoms with Gasteiger partial charge in [-0.2, -0.15) is 0 Å². The van der Waals surface area contributed by atoms with Gasteiger partial charge in [-0.3, -0.25) is 0 Å². The van der Waals surface area contributed by atoms with Crippen LogP contribution in [0.1, 0.15) is 0 Å². The summed E-state index contributed by atoms with van der Waals surface area (Å²) in [5.41, 5.74) is 0. The fourth-order valence-electron chi connectivity index (χ4n) is 0.750. The van der Waals surface area contributed by atoms with Gasteiger partial charge in [0.05, 0.1) is 0 Å². The molecule has 40 valence electrons. The highest BCUT2D eigenvalue weighted by atomic mass is 28.3. The molecule has 0 aromatic carbocycles. The molecule has 0 unspecified atom stereocenters. The lowest BCUT2D eigenvalue weighted by molar-refractivity contribution is 1.62. The Morgan fingerprint density at radius 3 is 1.71 bits per heavy atom. The second-order valence-corrected chi connectivity index (χ2v) is 6.20. The molecule has 1 rings (SSSR count). The lowest BCUT2D eigenvalue weighted by Crippen LogP contribution is -2.21. The average Bonchev–Trinajstić information content (AvgIpc) is 1.84. The van der Waals surface area contributed by atoms with Crippen molar-refractivity contribution >= 4 is 8.07 Å². The zero-order valence-electron chi connectivity index (χ0n) is 4.48. The molecule has 0 saturated carbocycles. The summed E-state index contributed by atoms with van der Waals surface area (Å²) in [7, 11) is -1.15. The molecular formula is C6H10Si-2. The van der Waals surface area contributed by atoms with E-state index in [2.05, 4.69) is 25.2 Å². The number of hydrogen-bond acceptors (Lipinski definition) is 0. The number of allylic oxidation sites excluding steroid dienone is 2. The van der Waals surface area contributed by atoms with Gasteiger partial charge in [0.15, 0.2) is 0 Å². The third kappa shape index (κ3) is 1.16. The first kappa shape index (κ1) is 5.10. The third-order valence-corrected chi connectivity index (χ3v) is 3.47. The van der Waals surface area contributed by atoms with Crippen LogP contribution in [0.15, 0.2) is 12.2 Å². The molecule has 0 radical (unpaired) electrons. The van der Waals surface area contributed by atoms with Crippen molar-refractivity contribution in [3.8, 4) is 0 Å². The summed E-state index contributed by atoms with van der Waals surface area (Å²) < 4.78 is 0. The van der Waals surface area contributed by atoms with Crippen LogP contribution in [0.25, 0.3) is 0 Å². The summed E-state index contributed by atoms with van der Waals surface area (Å²) in [5, 5.41) is 0. The van der Waals surface area contributed by atoms with Crippen molar-refractivity contribution in [1.82, 2.24) is 0 Å². The van der Waals surface area contributed by atoms with Crippen molar-refractivity contribution in [3.05, 3.63) is 25.2 Å². The highest BCUT2D eigenvalue weighted by molar-refractivity contribution is 6.84. The molecule has 0 atom stereocenters. The van der Waals surface area contributed by atoms with Crippen LogP contribution in [-0.4, -0.2) is 8.07 Å². The van der Waals surface area contributed by atoms with E-state index < -0.39 is 8.07 Å². The van der Waals surface area contributed by atoms with Crippen LogP contribution in [0.2, 0.25) is 12.1 Å². The summed E-state index contributed by atoms with van der Waals surface area (Å²) >= 11 is 0. The van der Waals surface area contributed by atoms with Gasteiger partial charge in [-0.15, -0.1) is 0 Å². The molecule has 0 spiro atoms. The van der Waals surface area contributed by atoms with Gasteiger partial charge < -0.3 is 13.1 Å². The van der Waals surface area contributed by atoms with Crippen LogP contribution in [-0.2, 0) is 0 Å². The standard InChI is InChI=1S/C6H10Si/c1-7(2)5-3-4-6-7/h3-4H,1-2,5-6H2/q-2. The Kier molecular flexibility index (Phi) is 1.08. The van der Waals surface area contributed by atoms with Crippen LogP contribution in [0.5, 0.6) is 0 Å². The minimum Gasteiger partial charge on any atom is -0.365 e. The quantitative estimate of drug-likeness (QED) is 0.253. The maximum absolute atomic E-state index is 4.03. The Hall–Kier alpha value is -0.0431. The summed E-state index contributed by atoms with van der Waals surface area (Å²) in [6.45, 7) is 8.07. The first-order chi connectivity index (χ1) is 3.21. The summed E-state index contributed by atoms with van der Waals surface area (Å²) in [6, 6.07) is 2.38. The maximum Gasteiger partial charge on any atom is -0.0932 e. The summed E-state index contributed by atoms with van der Waals surface area (Å²) in [6.07, 6.45) is 4.40. The molecule has 1 aliphatic rings. The first-order valence-corrected chi connectivity index (χ1v) is 5.39. The van der Waals surface area contributed by atoms with Gasteiger partial charge >= 0.3 is 0 Å². The molecule has 0 aliphatic carbocycles. The summed E-state index contributed by atoms with van der Waals surface area (Å²) in [5.74, 6) is 0. The average molecular weight is 110 g/mol. The Bertz CT molecular complexity index is 82.4. The second kappa shape index (κ2) is 1.48. The normalized spacial score (nSPS) is 26.0. The summed E-state index contributed by atoms with van der Waals surface area (Å²) in [4.78, 5) is 0. The van der Waals surface area contributed by atoms with E-state index in [4.69, 9.17) is 0 Å². The molecule has 0 amide bonds. The van der Waals surface area contributed by atoms with E-state index in [9.17, 15) is 0 Å². The molecule has 1 heterocycles. The molecule has 0 aromatic rings. The highest BCUT2D eigenvalue weighted by Gasteiger charge is 2.03. The first-order valence-electron chi connectivity index (χ1n) is 2.56. The molecule has 1 aliphatic heterocycles. The van der Waals surface area contributed by atoms with Gasteiger partial charge in [0.1, 0.15) is 0 Å². The van der Waals surface area contributed by atoms with Crippen LogP contribution in [0.3, 0.4) is 0 Å². The SMILES string of the molecule is [CH2-][Si]1([CH2-])CC=CC1. The van der Waals surface area contributed by atoms with E-state index in [1.807, 2.05) is 0 Å². The van der Waals surface area contributed by atoms with Crippen molar-refractivity contribution in [3.63, 3.8) is 0 Å². The predicted molar refractivity (Wildman–Crippen MR) is 35.2 cm³/mol. The fourth-order valence-corrected chi connectivity index (χ4v) is 2.25. The minimum atomic E-state index is -1.15. The molecular weight excluding hydrogens is 100 g/mol. The van der Waals surface area contributed by atoms with Gasteiger partial charge in [-0.1, -0.05) is 24.2 Å². The molecule has 1 heteroatoms. The number of hydrogen-bond donors (Lipinski definition) is 0. The Balaban J connectivity index is 2.49. The number of rotatable bonds is 0. The zero-order valence-corrected chi connectivity index (χ0v) is 5.48. The van der Waals surface area contributed by atoms with Crippen molar-refractivity contribution in [2.24, 2.45) is 0 Å². The monoisotopic (exact) mass is 110 g/mol. The van der Waals surface area contributed by atoms with Crippen molar-refractivity contribution in [2.45, 2.75) is 12.1 Å². The molecule has 0 fully saturated rings. The largest absolute Gasteiger partial charge is 0.365 e. The topological polar surface area (TPSA) is 0 Å². The predicted octanol–water partition coefficient (Wildman–Crippen LogP) is 1.75. The zero-order chi connectivity index (χ0) is 5.33. The lowest BCUT2D eigenvalue weighted by atomic mass is 10.6. The van der Waals surface area contributed by atoms with Gasteiger partial charge in [-0.05, 0) is 0 Å². The molecule has 0 nitrogen and oxygen atoms in total. The Labute approximate surface area is 46.2 Å². The minimum absolute atomic E-state index is 1.15. The van der Waals surface area contributed by atoms with Crippen LogP contribution >= 0.6 is 0 Å². The van der Waals surface area contributed by atoms with Gasteiger partial charge in [-0.25, -0.2) is 8.07 Å². The molecule has 0 aromatic heterocycles. The van der Waals surface area contributed by atoms with Crippen LogP contribution in [0.4, 0.5) is 0 Å². The molecule has 7 heavy (non-hydrogen) atoms. The fraction of sp³-hybridized carbons (Fsp3) is 0.333. The van der Waals surface area contributed by atoms with E-state index in [0.717, 1.165) is 0 Å². The Morgan fingerprint density at radius 1 is 1.14 bits per heavy atom. The van der Waals surface area contributed by atoms with Crippen LogP contribution in [0, 0.1) is 13.1 Å². The third-order valence-electron chi connectivity index (χ3n) is 1.27. The second-order valence-electron chi connectivity index (χ2n) is 2.38. The van der Waals surface area contributed by atoms with Crippen molar-refractivity contribution < 1.29 is 0 Å².